The van der Waals surface area contributed by atoms with Gasteiger partial charge in [-0.2, -0.15) is 4.98 Å². The van der Waals surface area contributed by atoms with Gasteiger partial charge in [0.15, 0.2) is 0 Å². The van der Waals surface area contributed by atoms with Gasteiger partial charge >= 0.3 is 0 Å². The van der Waals surface area contributed by atoms with Gasteiger partial charge in [0, 0.05) is 30.3 Å². The smallest absolute Gasteiger partial charge is 0.258 e. The Morgan fingerprint density at radius 3 is 2.65 bits per heavy atom. The van der Waals surface area contributed by atoms with Crippen LogP contribution in [0.25, 0.3) is 33.9 Å². The highest BCUT2D eigenvalue weighted by atomic mass is 16.5. The number of anilines is 1. The van der Waals surface area contributed by atoms with Crippen molar-refractivity contribution in [3.8, 4) is 22.8 Å². The lowest BCUT2D eigenvalue weighted by atomic mass is 10.2. The quantitative estimate of drug-likeness (QED) is 0.608. The van der Waals surface area contributed by atoms with E-state index in [0.717, 1.165) is 34.4 Å². The molecule has 0 aliphatic carbocycles. The van der Waals surface area contributed by atoms with E-state index in [1.54, 1.807) is 12.1 Å². The molecule has 4 rings (SSSR count). The Kier molecular flexibility index (Phi) is 3.96. The summed E-state index contributed by atoms with van der Waals surface area (Å²) >= 11 is 0. The van der Waals surface area contributed by atoms with E-state index in [1.807, 2.05) is 36.7 Å². The summed E-state index contributed by atoms with van der Waals surface area (Å²) in [5, 5.41) is 6.80. The van der Waals surface area contributed by atoms with Gasteiger partial charge < -0.3 is 14.4 Å². The molecule has 2 aromatic carbocycles. The number of hydrogen-bond acceptors (Lipinski definition) is 5. The SMILES string of the molecule is CCn1cnc2cc(-c3noc(-c4ccc(NC(C)=O)cc4)n3)ccc21. The summed E-state index contributed by atoms with van der Waals surface area (Å²) in [6.07, 6.45) is 1.83. The van der Waals surface area contributed by atoms with E-state index in [4.69, 9.17) is 4.52 Å². The number of nitrogens with zero attached hydrogens (tertiary/aromatic N) is 4. The zero-order chi connectivity index (χ0) is 18.1. The summed E-state index contributed by atoms with van der Waals surface area (Å²) < 4.78 is 7.47. The molecule has 0 unspecified atom stereocenters. The van der Waals surface area contributed by atoms with Crippen LogP contribution in [0.4, 0.5) is 5.69 Å². The molecule has 26 heavy (non-hydrogen) atoms. The predicted octanol–water partition coefficient (Wildman–Crippen LogP) is 3.73. The number of aryl methyl sites for hydroxylation is 1. The summed E-state index contributed by atoms with van der Waals surface area (Å²) in [4.78, 5) is 20.0. The van der Waals surface area contributed by atoms with Gasteiger partial charge in [-0.15, -0.1) is 0 Å². The van der Waals surface area contributed by atoms with E-state index in [9.17, 15) is 4.79 Å². The van der Waals surface area contributed by atoms with Crippen molar-refractivity contribution in [3.05, 3.63) is 48.8 Å². The number of rotatable bonds is 4. The molecule has 130 valence electrons. The van der Waals surface area contributed by atoms with E-state index < -0.39 is 0 Å². The Morgan fingerprint density at radius 2 is 1.92 bits per heavy atom. The molecular weight excluding hydrogens is 330 g/mol. The van der Waals surface area contributed by atoms with Crippen molar-refractivity contribution in [2.75, 3.05) is 5.32 Å². The van der Waals surface area contributed by atoms with Crippen LogP contribution < -0.4 is 5.32 Å². The van der Waals surface area contributed by atoms with E-state index in [2.05, 4.69) is 31.9 Å². The first-order chi connectivity index (χ1) is 12.6. The van der Waals surface area contributed by atoms with Crippen LogP contribution in [0.1, 0.15) is 13.8 Å². The summed E-state index contributed by atoms with van der Waals surface area (Å²) in [6, 6.07) is 13.2. The van der Waals surface area contributed by atoms with Gasteiger partial charge in [0.1, 0.15) is 0 Å². The molecule has 0 spiro atoms. The molecule has 0 atom stereocenters. The van der Waals surface area contributed by atoms with Crippen molar-refractivity contribution in [1.82, 2.24) is 19.7 Å². The third-order valence-corrected chi connectivity index (χ3v) is 4.10. The van der Waals surface area contributed by atoms with Gasteiger partial charge in [-0.05, 0) is 49.4 Å². The summed E-state index contributed by atoms with van der Waals surface area (Å²) in [5.41, 5.74) is 4.33. The molecule has 7 heteroatoms. The summed E-state index contributed by atoms with van der Waals surface area (Å²) in [7, 11) is 0. The van der Waals surface area contributed by atoms with Crippen LogP contribution in [0.5, 0.6) is 0 Å². The van der Waals surface area contributed by atoms with Crippen molar-refractivity contribution < 1.29 is 9.32 Å². The third kappa shape index (κ3) is 2.95. The van der Waals surface area contributed by atoms with Gasteiger partial charge in [0.05, 0.1) is 17.4 Å². The van der Waals surface area contributed by atoms with E-state index in [1.165, 1.54) is 6.92 Å². The molecule has 1 N–H and O–H groups in total. The van der Waals surface area contributed by atoms with Gasteiger partial charge in [-0.1, -0.05) is 5.16 Å². The molecule has 0 saturated heterocycles. The van der Waals surface area contributed by atoms with Crippen LogP contribution in [0.2, 0.25) is 0 Å². The van der Waals surface area contributed by atoms with Crippen molar-refractivity contribution in [2.45, 2.75) is 20.4 Å². The number of nitrogens with one attached hydrogen (secondary N) is 1. The number of carbonyl (C=O) groups is 1. The molecule has 0 fully saturated rings. The largest absolute Gasteiger partial charge is 0.334 e. The molecule has 2 aromatic heterocycles. The summed E-state index contributed by atoms with van der Waals surface area (Å²) in [6.45, 7) is 4.42. The second-order valence-corrected chi connectivity index (χ2v) is 5.92. The van der Waals surface area contributed by atoms with Crippen LogP contribution in [-0.4, -0.2) is 25.6 Å². The summed E-state index contributed by atoms with van der Waals surface area (Å²) in [5.74, 6) is 0.825. The molecule has 0 saturated carbocycles. The molecule has 4 aromatic rings. The van der Waals surface area contributed by atoms with Gasteiger partial charge in [0.2, 0.25) is 11.7 Å². The van der Waals surface area contributed by atoms with E-state index >= 15 is 0 Å². The standard InChI is InChI=1S/C19H17N5O2/c1-3-24-11-20-16-10-14(6-9-17(16)24)18-22-19(26-23-18)13-4-7-15(8-5-13)21-12(2)25/h4-11H,3H2,1-2H3,(H,21,25). The number of imidazole rings is 1. The highest BCUT2D eigenvalue weighted by molar-refractivity contribution is 5.88. The minimum atomic E-state index is -0.112. The van der Waals surface area contributed by atoms with E-state index in [0.29, 0.717) is 11.7 Å². The Balaban J connectivity index is 1.62. The lowest BCUT2D eigenvalue weighted by Crippen LogP contribution is -2.05. The Hall–Kier alpha value is -3.48. The Labute approximate surface area is 149 Å². The zero-order valence-electron chi connectivity index (χ0n) is 14.4. The first-order valence-corrected chi connectivity index (χ1v) is 8.31. The molecule has 0 bridgehead atoms. The minimum Gasteiger partial charge on any atom is -0.334 e. The fraction of sp³-hybridized carbons (Fsp3) is 0.158. The second kappa shape index (κ2) is 6.44. The topological polar surface area (TPSA) is 85.8 Å². The predicted molar refractivity (Wildman–Crippen MR) is 98.4 cm³/mol. The van der Waals surface area contributed by atoms with Crippen molar-refractivity contribution >= 4 is 22.6 Å². The van der Waals surface area contributed by atoms with Crippen molar-refractivity contribution in [1.29, 1.82) is 0 Å². The number of benzene rings is 2. The molecule has 2 heterocycles. The van der Waals surface area contributed by atoms with Gasteiger partial charge in [-0.3, -0.25) is 4.79 Å². The molecule has 0 aliphatic rings. The molecule has 0 aliphatic heterocycles. The van der Waals surface area contributed by atoms with Crippen LogP contribution >= 0.6 is 0 Å². The first kappa shape index (κ1) is 16.0. The lowest BCUT2D eigenvalue weighted by Gasteiger charge is -2.01. The zero-order valence-corrected chi connectivity index (χ0v) is 14.4. The number of amides is 1. The average molecular weight is 347 g/mol. The molecule has 7 nitrogen and oxygen atoms in total. The fourth-order valence-corrected chi connectivity index (χ4v) is 2.81. The minimum absolute atomic E-state index is 0.112. The number of carbonyl (C=O) groups excluding carboxylic acids is 1. The maximum Gasteiger partial charge on any atom is 0.258 e. The molecule has 0 radical (unpaired) electrons. The van der Waals surface area contributed by atoms with Crippen molar-refractivity contribution in [3.63, 3.8) is 0 Å². The maximum absolute atomic E-state index is 11.1. The fourth-order valence-electron chi connectivity index (χ4n) is 2.81. The van der Waals surface area contributed by atoms with Crippen LogP contribution in [0.3, 0.4) is 0 Å². The number of hydrogen-bond donors (Lipinski definition) is 1. The highest BCUT2D eigenvalue weighted by Gasteiger charge is 2.12. The van der Waals surface area contributed by atoms with Gasteiger partial charge in [-0.25, -0.2) is 4.98 Å². The average Bonchev–Trinajstić information content (AvgIpc) is 3.28. The van der Waals surface area contributed by atoms with Crippen LogP contribution in [-0.2, 0) is 11.3 Å². The lowest BCUT2D eigenvalue weighted by molar-refractivity contribution is -0.114. The maximum atomic E-state index is 11.1. The molecule has 1 amide bonds. The van der Waals surface area contributed by atoms with Gasteiger partial charge in [0.25, 0.3) is 5.89 Å². The Bertz CT molecular complexity index is 1080. The number of aromatic nitrogens is 4. The van der Waals surface area contributed by atoms with Crippen LogP contribution in [0.15, 0.2) is 53.3 Å². The monoisotopic (exact) mass is 347 g/mol. The number of fused-ring (bicyclic) bond motifs is 1. The van der Waals surface area contributed by atoms with Crippen LogP contribution in [0, 0.1) is 0 Å². The first-order valence-electron chi connectivity index (χ1n) is 8.31. The third-order valence-electron chi connectivity index (χ3n) is 4.10. The molecular formula is C19H17N5O2. The highest BCUT2D eigenvalue weighted by Crippen LogP contribution is 2.25. The second-order valence-electron chi connectivity index (χ2n) is 5.92. The normalized spacial score (nSPS) is 11.0. The van der Waals surface area contributed by atoms with Crippen molar-refractivity contribution in [2.24, 2.45) is 0 Å². The Morgan fingerprint density at radius 1 is 1.15 bits per heavy atom. The van der Waals surface area contributed by atoms with E-state index in [-0.39, 0.29) is 5.91 Å².